The fraction of sp³-hybridized carbons (Fsp3) is 0.188. The molecule has 4 heteroatoms. The maximum absolute atomic E-state index is 12.6. The van der Waals surface area contributed by atoms with Crippen molar-refractivity contribution in [3.8, 4) is 5.75 Å². The molecule has 1 amide bonds. The number of carbonyl (C=O) groups excluding carboxylic acids is 1. The smallest absolute Gasteiger partial charge is 0.262 e. The molecule has 2 aromatic rings. The van der Waals surface area contributed by atoms with E-state index in [9.17, 15) is 9.90 Å². The molecule has 0 saturated heterocycles. The number of benzene rings is 2. The molecule has 0 atom stereocenters. The highest BCUT2D eigenvalue weighted by atomic mass is 16.3. The van der Waals surface area contributed by atoms with E-state index in [0.717, 1.165) is 24.1 Å². The number of para-hydroxylation sites is 1. The number of carbonyl (C=O) groups is 1. The molecule has 0 bridgehead atoms. The average Bonchev–Trinajstić information content (AvgIpc) is 2.46. The zero-order chi connectivity index (χ0) is 14.1. The number of rotatable bonds is 1. The van der Waals surface area contributed by atoms with Gasteiger partial charge in [0.15, 0.2) is 0 Å². The highest BCUT2D eigenvalue weighted by molar-refractivity contribution is 6.08. The number of amides is 1. The predicted octanol–water partition coefficient (Wildman–Crippen LogP) is 2.57. The van der Waals surface area contributed by atoms with Crippen molar-refractivity contribution < 1.29 is 9.90 Å². The summed E-state index contributed by atoms with van der Waals surface area (Å²) in [4.78, 5) is 14.3. The first-order valence-electron chi connectivity index (χ1n) is 6.65. The maximum Gasteiger partial charge on any atom is 0.262 e. The highest BCUT2D eigenvalue weighted by Gasteiger charge is 2.25. The summed E-state index contributed by atoms with van der Waals surface area (Å²) in [5.41, 5.74) is 8.76. The fourth-order valence-corrected chi connectivity index (χ4v) is 2.60. The second kappa shape index (κ2) is 4.89. The minimum atomic E-state index is -0.186. The van der Waals surface area contributed by atoms with Gasteiger partial charge in [0, 0.05) is 17.9 Å². The standard InChI is InChI=1S/C16H16N2O2/c17-12-8-7-11-4-3-9-18(14(11)10-12)16(20)13-5-1-2-6-15(13)19/h1-2,5-8,10,19H,3-4,9,17H2. The van der Waals surface area contributed by atoms with Crippen LogP contribution in [0.5, 0.6) is 5.75 Å². The van der Waals surface area contributed by atoms with Crippen LogP contribution in [0, 0.1) is 0 Å². The van der Waals surface area contributed by atoms with Crippen LogP contribution in [0.4, 0.5) is 11.4 Å². The number of phenolic OH excluding ortho intramolecular Hbond substituents is 1. The van der Waals surface area contributed by atoms with Gasteiger partial charge in [0.05, 0.1) is 5.56 Å². The molecule has 2 aromatic carbocycles. The van der Waals surface area contributed by atoms with E-state index in [2.05, 4.69) is 0 Å². The third kappa shape index (κ3) is 2.09. The molecular formula is C16H16N2O2. The van der Waals surface area contributed by atoms with E-state index in [1.165, 1.54) is 6.07 Å². The van der Waals surface area contributed by atoms with Crippen molar-refractivity contribution in [1.82, 2.24) is 0 Å². The monoisotopic (exact) mass is 268 g/mol. The van der Waals surface area contributed by atoms with Crippen LogP contribution in [0.3, 0.4) is 0 Å². The summed E-state index contributed by atoms with van der Waals surface area (Å²) in [7, 11) is 0. The van der Waals surface area contributed by atoms with Crippen molar-refractivity contribution in [3.63, 3.8) is 0 Å². The van der Waals surface area contributed by atoms with E-state index < -0.39 is 0 Å². The number of anilines is 2. The molecule has 0 spiro atoms. The predicted molar refractivity (Wildman–Crippen MR) is 79.0 cm³/mol. The van der Waals surface area contributed by atoms with Gasteiger partial charge in [-0.05, 0) is 42.7 Å². The zero-order valence-corrected chi connectivity index (χ0v) is 11.0. The Hall–Kier alpha value is -2.49. The Morgan fingerprint density at radius 1 is 1.20 bits per heavy atom. The van der Waals surface area contributed by atoms with Gasteiger partial charge in [0.1, 0.15) is 5.75 Å². The summed E-state index contributed by atoms with van der Waals surface area (Å²) < 4.78 is 0. The Balaban J connectivity index is 2.03. The molecule has 0 aliphatic carbocycles. The summed E-state index contributed by atoms with van der Waals surface area (Å²) in [5, 5.41) is 9.84. The minimum Gasteiger partial charge on any atom is -0.507 e. The van der Waals surface area contributed by atoms with Crippen molar-refractivity contribution in [2.24, 2.45) is 0 Å². The number of aromatic hydroxyl groups is 1. The van der Waals surface area contributed by atoms with Crippen molar-refractivity contribution >= 4 is 17.3 Å². The zero-order valence-electron chi connectivity index (χ0n) is 11.0. The molecule has 0 aromatic heterocycles. The maximum atomic E-state index is 12.6. The molecule has 0 saturated carbocycles. The Morgan fingerprint density at radius 2 is 2.00 bits per heavy atom. The molecular weight excluding hydrogens is 252 g/mol. The summed E-state index contributed by atoms with van der Waals surface area (Å²) >= 11 is 0. The van der Waals surface area contributed by atoms with Crippen LogP contribution < -0.4 is 10.6 Å². The molecule has 0 radical (unpaired) electrons. The Kier molecular flexibility index (Phi) is 3.06. The van der Waals surface area contributed by atoms with Crippen LogP contribution in [0.1, 0.15) is 22.3 Å². The van der Waals surface area contributed by atoms with E-state index in [0.29, 0.717) is 17.8 Å². The van der Waals surface area contributed by atoms with Crippen molar-refractivity contribution in [3.05, 3.63) is 53.6 Å². The lowest BCUT2D eigenvalue weighted by Gasteiger charge is -2.30. The van der Waals surface area contributed by atoms with Crippen LogP contribution in [0.2, 0.25) is 0 Å². The number of hydrogen-bond donors (Lipinski definition) is 2. The molecule has 1 aliphatic heterocycles. The molecule has 4 nitrogen and oxygen atoms in total. The van der Waals surface area contributed by atoms with Crippen molar-refractivity contribution in [2.45, 2.75) is 12.8 Å². The van der Waals surface area contributed by atoms with Gasteiger partial charge in [0.25, 0.3) is 5.91 Å². The molecule has 1 heterocycles. The van der Waals surface area contributed by atoms with Gasteiger partial charge in [-0.15, -0.1) is 0 Å². The minimum absolute atomic E-state index is 0.00789. The summed E-state index contributed by atoms with van der Waals surface area (Å²) in [6.07, 6.45) is 1.86. The number of hydrogen-bond acceptors (Lipinski definition) is 3. The fourth-order valence-electron chi connectivity index (χ4n) is 2.60. The molecule has 1 aliphatic rings. The summed E-state index contributed by atoms with van der Waals surface area (Å²) in [6, 6.07) is 12.3. The van der Waals surface area contributed by atoms with Crippen LogP contribution in [-0.2, 0) is 6.42 Å². The van der Waals surface area contributed by atoms with Gasteiger partial charge < -0.3 is 15.7 Å². The molecule has 0 fully saturated rings. The van der Waals surface area contributed by atoms with E-state index in [4.69, 9.17) is 5.73 Å². The van der Waals surface area contributed by atoms with Gasteiger partial charge in [-0.1, -0.05) is 18.2 Å². The van der Waals surface area contributed by atoms with Crippen LogP contribution in [0.25, 0.3) is 0 Å². The van der Waals surface area contributed by atoms with Crippen molar-refractivity contribution in [2.75, 3.05) is 17.2 Å². The average molecular weight is 268 g/mol. The lowest BCUT2D eigenvalue weighted by molar-refractivity contribution is 0.0982. The second-order valence-corrected chi connectivity index (χ2v) is 4.97. The van der Waals surface area contributed by atoms with Crippen LogP contribution in [0.15, 0.2) is 42.5 Å². The Bertz CT molecular complexity index is 667. The third-order valence-electron chi connectivity index (χ3n) is 3.61. The van der Waals surface area contributed by atoms with E-state index in [1.54, 1.807) is 23.1 Å². The highest BCUT2D eigenvalue weighted by Crippen LogP contribution is 2.31. The lowest BCUT2D eigenvalue weighted by atomic mass is 10.00. The van der Waals surface area contributed by atoms with Gasteiger partial charge in [-0.25, -0.2) is 0 Å². The number of aryl methyl sites for hydroxylation is 1. The van der Waals surface area contributed by atoms with Gasteiger partial charge in [0.2, 0.25) is 0 Å². The normalized spacial score (nSPS) is 13.9. The number of nitrogens with zero attached hydrogens (tertiary/aromatic N) is 1. The summed E-state index contributed by atoms with van der Waals surface area (Å²) in [6.45, 7) is 0.642. The first-order valence-corrected chi connectivity index (χ1v) is 6.65. The van der Waals surface area contributed by atoms with E-state index in [1.807, 2.05) is 18.2 Å². The quantitative estimate of drug-likeness (QED) is 0.781. The largest absolute Gasteiger partial charge is 0.507 e. The van der Waals surface area contributed by atoms with Gasteiger partial charge >= 0.3 is 0 Å². The number of nitrogen functional groups attached to an aromatic ring is 1. The number of phenols is 1. The molecule has 3 rings (SSSR count). The molecule has 20 heavy (non-hydrogen) atoms. The van der Waals surface area contributed by atoms with Gasteiger partial charge in [-0.2, -0.15) is 0 Å². The summed E-state index contributed by atoms with van der Waals surface area (Å²) in [5.74, 6) is -0.178. The SMILES string of the molecule is Nc1ccc2c(c1)N(C(=O)c1ccccc1O)CCC2. The lowest BCUT2D eigenvalue weighted by Crippen LogP contribution is -2.35. The topological polar surface area (TPSA) is 66.6 Å². The molecule has 3 N–H and O–H groups in total. The first-order chi connectivity index (χ1) is 9.66. The first kappa shape index (κ1) is 12.5. The molecule has 102 valence electrons. The third-order valence-corrected chi connectivity index (χ3v) is 3.61. The van der Waals surface area contributed by atoms with E-state index >= 15 is 0 Å². The van der Waals surface area contributed by atoms with Crippen molar-refractivity contribution in [1.29, 1.82) is 0 Å². The Morgan fingerprint density at radius 3 is 2.80 bits per heavy atom. The number of fused-ring (bicyclic) bond motifs is 1. The molecule has 0 unspecified atom stereocenters. The van der Waals surface area contributed by atoms with Crippen LogP contribution in [-0.4, -0.2) is 17.6 Å². The van der Waals surface area contributed by atoms with Crippen LogP contribution >= 0.6 is 0 Å². The Labute approximate surface area is 117 Å². The van der Waals surface area contributed by atoms with Gasteiger partial charge in [-0.3, -0.25) is 4.79 Å². The number of nitrogens with two attached hydrogens (primary N) is 1. The van der Waals surface area contributed by atoms with E-state index in [-0.39, 0.29) is 11.7 Å². The second-order valence-electron chi connectivity index (χ2n) is 4.97.